The number of hydrogen-bond acceptors (Lipinski definition) is 12. The van der Waals surface area contributed by atoms with Gasteiger partial charge < -0.3 is 34.6 Å². The number of ether oxygens (including phenoxy) is 4. The molecule has 0 spiro atoms. The van der Waals surface area contributed by atoms with Crippen molar-refractivity contribution in [2.45, 2.75) is 90.8 Å². The van der Waals surface area contributed by atoms with Crippen molar-refractivity contribution in [3.05, 3.63) is 11.0 Å². The highest BCUT2D eigenvalue weighted by Gasteiger charge is 2.64. The van der Waals surface area contributed by atoms with Gasteiger partial charge in [0.2, 0.25) is 5.95 Å². The molecule has 2 aromatic heterocycles. The summed E-state index contributed by atoms with van der Waals surface area (Å²) in [6.45, 7) is 10.2. The van der Waals surface area contributed by atoms with Crippen molar-refractivity contribution in [1.82, 2.24) is 24.8 Å². The van der Waals surface area contributed by atoms with Crippen molar-refractivity contribution in [3.8, 4) is 0 Å². The summed E-state index contributed by atoms with van der Waals surface area (Å²) in [4.78, 5) is 48.8. The highest BCUT2D eigenvalue weighted by Crippen LogP contribution is 2.46. The first-order chi connectivity index (χ1) is 19.3. The fourth-order valence-corrected chi connectivity index (χ4v) is 5.20. The van der Waals surface area contributed by atoms with E-state index >= 15 is 0 Å². The lowest BCUT2D eigenvalue weighted by molar-refractivity contribution is -0.190. The summed E-state index contributed by atoms with van der Waals surface area (Å²) < 4.78 is 24.9. The first kappa shape index (κ1) is 32.3. The van der Waals surface area contributed by atoms with Crippen LogP contribution < -0.4 is 10.6 Å². The second kappa shape index (κ2) is 13.7. The number of thiocarbonyl (C=S) groups is 1. The van der Waals surface area contributed by atoms with E-state index in [0.29, 0.717) is 23.7 Å². The maximum atomic E-state index is 12.2. The van der Waals surface area contributed by atoms with Gasteiger partial charge in [-0.2, -0.15) is 0 Å². The van der Waals surface area contributed by atoms with E-state index in [9.17, 15) is 14.4 Å². The maximum Gasteiger partial charge on any atom is 0.303 e. The average Bonchev–Trinajstić information content (AvgIpc) is 3.38. The van der Waals surface area contributed by atoms with Crippen LogP contribution in [0.15, 0.2) is 6.33 Å². The van der Waals surface area contributed by atoms with Gasteiger partial charge in [-0.05, 0) is 33.6 Å². The van der Waals surface area contributed by atoms with E-state index in [2.05, 4.69) is 25.6 Å². The molecule has 226 valence electrons. The molecule has 0 aromatic carbocycles. The fourth-order valence-electron chi connectivity index (χ4n) is 4.86. The molecule has 0 radical (unpaired) electrons. The number of aromatic nitrogens is 4. The molecule has 13 nitrogen and oxygen atoms in total. The zero-order valence-electron chi connectivity index (χ0n) is 24.2. The first-order valence-electron chi connectivity index (χ1n) is 13.4. The summed E-state index contributed by atoms with van der Waals surface area (Å²) in [7, 11) is 0. The largest absolute Gasteiger partial charge is 0.463 e. The zero-order valence-corrected chi connectivity index (χ0v) is 25.8. The molecule has 3 heterocycles. The van der Waals surface area contributed by atoms with Crippen LogP contribution in [0.25, 0.3) is 11.2 Å². The Labute approximate surface area is 249 Å². The van der Waals surface area contributed by atoms with Crippen molar-refractivity contribution in [1.29, 1.82) is 0 Å². The summed E-state index contributed by atoms with van der Waals surface area (Å²) in [5.74, 6) is -1.35. The Morgan fingerprint density at radius 3 is 2.27 bits per heavy atom. The number of fused-ring (bicyclic) bond motifs is 1. The van der Waals surface area contributed by atoms with E-state index in [4.69, 9.17) is 43.4 Å². The van der Waals surface area contributed by atoms with Gasteiger partial charge in [0.25, 0.3) is 0 Å². The summed E-state index contributed by atoms with van der Waals surface area (Å²) in [5, 5.41) is 6.42. The van der Waals surface area contributed by atoms with Crippen molar-refractivity contribution >= 4 is 64.4 Å². The van der Waals surface area contributed by atoms with Crippen LogP contribution in [0.5, 0.6) is 0 Å². The standard InChI is InChI=1S/C26H38N6O7S2/c1-15(40)27-11-9-7-8-10-12-28-24-30-22-19(23(41)31-24)29-14-32(22)26(6)21(38-18(4)35)20(37-17(3)34)25(5,39-26)13-36-16(2)33/h14,20-21H,7-13H2,1-6H3,(H,27,40)(H2,28,30,31,41). The number of unbranched alkanes of at least 4 members (excludes halogenated alkanes) is 3. The third-order valence-corrected chi connectivity index (χ3v) is 7.09. The van der Waals surface area contributed by atoms with Crippen LogP contribution in [-0.2, 0) is 39.1 Å². The number of carbonyl (C=O) groups excluding carboxylic acids is 3. The minimum Gasteiger partial charge on any atom is -0.463 e. The number of rotatable bonds is 13. The van der Waals surface area contributed by atoms with Crippen molar-refractivity contribution in [2.24, 2.45) is 0 Å². The van der Waals surface area contributed by atoms with Gasteiger partial charge in [-0.1, -0.05) is 37.3 Å². The molecule has 0 saturated carbocycles. The summed E-state index contributed by atoms with van der Waals surface area (Å²) in [5.41, 5.74) is -1.98. The van der Waals surface area contributed by atoms with Gasteiger partial charge in [0.1, 0.15) is 23.4 Å². The molecule has 4 atom stereocenters. The number of H-pyrrole nitrogens is 1. The van der Waals surface area contributed by atoms with Crippen LogP contribution >= 0.6 is 24.4 Å². The molecule has 3 rings (SSSR count). The van der Waals surface area contributed by atoms with E-state index in [1.807, 2.05) is 6.92 Å². The van der Waals surface area contributed by atoms with Crippen molar-refractivity contribution < 1.29 is 33.3 Å². The van der Waals surface area contributed by atoms with Gasteiger partial charge in [-0.15, -0.1) is 0 Å². The average molecular weight is 611 g/mol. The predicted octanol–water partition coefficient (Wildman–Crippen LogP) is 3.29. The molecule has 2 aromatic rings. The highest BCUT2D eigenvalue weighted by molar-refractivity contribution is 7.80. The van der Waals surface area contributed by atoms with Crippen LogP contribution in [-0.4, -0.2) is 79.9 Å². The number of nitrogens with one attached hydrogen (secondary N) is 3. The number of imidazole rings is 1. The molecule has 1 aliphatic heterocycles. The zero-order chi connectivity index (χ0) is 30.4. The second-order valence-corrected chi connectivity index (χ2v) is 11.3. The van der Waals surface area contributed by atoms with E-state index < -0.39 is 41.4 Å². The van der Waals surface area contributed by atoms with Crippen molar-refractivity contribution in [3.63, 3.8) is 0 Å². The highest BCUT2D eigenvalue weighted by atomic mass is 32.1. The molecule has 4 unspecified atom stereocenters. The normalized spacial score (nSPS) is 23.7. The number of nitrogens with zero attached hydrogens (tertiary/aromatic N) is 3. The van der Waals surface area contributed by atoms with Gasteiger partial charge in [-0.3, -0.25) is 19.0 Å². The van der Waals surface area contributed by atoms with E-state index in [-0.39, 0.29) is 11.2 Å². The van der Waals surface area contributed by atoms with Crippen LogP contribution in [0.4, 0.5) is 5.95 Å². The predicted molar refractivity (Wildman–Crippen MR) is 157 cm³/mol. The Kier molecular flexibility index (Phi) is 10.8. The SMILES string of the molecule is CC(=O)OCC1(C)OC(C)(n2cnc3c(=S)nc(NCCCCCCNC(C)=S)[nH]c32)C(OC(C)=O)C1OC(C)=O. The molecule has 41 heavy (non-hydrogen) atoms. The lowest BCUT2D eigenvalue weighted by atomic mass is 9.95. The third kappa shape index (κ3) is 7.98. The maximum absolute atomic E-state index is 12.2. The smallest absolute Gasteiger partial charge is 0.303 e. The Morgan fingerprint density at radius 2 is 1.66 bits per heavy atom. The first-order valence-corrected chi connectivity index (χ1v) is 14.2. The van der Waals surface area contributed by atoms with Gasteiger partial charge >= 0.3 is 17.9 Å². The van der Waals surface area contributed by atoms with Gasteiger partial charge in [0.05, 0.1) is 11.3 Å². The summed E-state index contributed by atoms with van der Waals surface area (Å²) >= 11 is 10.5. The molecule has 1 saturated heterocycles. The Balaban J connectivity index is 1.90. The second-order valence-electron chi connectivity index (χ2n) is 10.3. The lowest BCUT2D eigenvalue weighted by Gasteiger charge is -2.32. The van der Waals surface area contributed by atoms with Gasteiger partial charge in [0, 0.05) is 33.9 Å². The Hall–Kier alpha value is -3.17. The molecule has 1 fully saturated rings. The lowest BCUT2D eigenvalue weighted by Crippen LogP contribution is -2.49. The molecule has 3 N–H and O–H groups in total. The number of carbonyl (C=O) groups is 3. The minimum atomic E-state index is -1.46. The van der Waals surface area contributed by atoms with Gasteiger partial charge in [-0.25, -0.2) is 9.97 Å². The number of aromatic amines is 1. The summed E-state index contributed by atoms with van der Waals surface area (Å²) in [6.07, 6.45) is 3.28. The monoisotopic (exact) mass is 610 g/mol. The Morgan fingerprint density at radius 1 is 1.02 bits per heavy atom. The van der Waals surface area contributed by atoms with Crippen LogP contribution in [0, 0.1) is 4.64 Å². The van der Waals surface area contributed by atoms with Gasteiger partial charge in [0.15, 0.2) is 22.6 Å². The molecule has 0 aliphatic carbocycles. The van der Waals surface area contributed by atoms with Crippen LogP contribution in [0.3, 0.4) is 0 Å². The van der Waals surface area contributed by atoms with E-state index in [1.165, 1.54) is 27.1 Å². The molecular weight excluding hydrogens is 572 g/mol. The van der Waals surface area contributed by atoms with Crippen molar-refractivity contribution in [2.75, 3.05) is 25.0 Å². The quantitative estimate of drug-likeness (QED) is 0.131. The Bertz CT molecular complexity index is 1350. The van der Waals surface area contributed by atoms with E-state index in [0.717, 1.165) is 37.2 Å². The van der Waals surface area contributed by atoms with Crippen LogP contribution in [0.2, 0.25) is 0 Å². The minimum absolute atomic E-state index is 0.256. The number of hydrogen-bond donors (Lipinski definition) is 3. The number of anilines is 1. The fraction of sp³-hybridized carbons (Fsp3) is 0.654. The number of esters is 3. The topological polar surface area (TPSA) is 159 Å². The molecular formula is C26H38N6O7S2. The molecule has 0 amide bonds. The third-order valence-electron chi connectivity index (χ3n) is 6.66. The molecule has 1 aliphatic rings. The van der Waals surface area contributed by atoms with E-state index in [1.54, 1.807) is 18.4 Å². The van der Waals surface area contributed by atoms with Crippen LogP contribution in [0.1, 0.15) is 67.2 Å². The summed E-state index contributed by atoms with van der Waals surface area (Å²) in [6, 6.07) is 0. The molecule has 15 heteroatoms. The molecule has 0 bridgehead atoms.